The van der Waals surface area contributed by atoms with E-state index in [0.29, 0.717) is 0 Å². The molecule has 0 amide bonds. The van der Waals surface area contributed by atoms with Gasteiger partial charge < -0.3 is 28.4 Å². The fraction of sp³-hybridized carbons (Fsp3) is 0.571. The maximum Gasteiger partial charge on any atom is 1.00 e. The van der Waals surface area contributed by atoms with E-state index in [9.17, 15) is 105 Å². The van der Waals surface area contributed by atoms with E-state index in [4.69, 9.17) is 28.4 Å². The van der Waals surface area contributed by atoms with Gasteiger partial charge in [0.2, 0.25) is 0 Å². The first-order valence-electron chi connectivity index (χ1n) is 27.1. The van der Waals surface area contributed by atoms with Crippen LogP contribution in [0, 0.1) is 0 Å². The molecule has 6 nitrogen and oxygen atoms in total. The normalized spacial score (nSPS) is 17.5. The summed E-state index contributed by atoms with van der Waals surface area (Å²) >= 11 is 0. The van der Waals surface area contributed by atoms with Gasteiger partial charge in [0.05, 0.1) is 44.5 Å². The molecular formula is C56H60BF24NaO6. The zero-order valence-electron chi connectivity index (χ0n) is 47.0. The van der Waals surface area contributed by atoms with Gasteiger partial charge in [0.25, 0.3) is 0 Å². The van der Waals surface area contributed by atoms with Crippen LogP contribution >= 0.6 is 0 Å². The number of hydrogen-bond acceptors (Lipinski definition) is 6. The van der Waals surface area contributed by atoms with Crippen molar-refractivity contribution < 1.29 is 163 Å². The van der Waals surface area contributed by atoms with Crippen molar-refractivity contribution in [2.45, 2.75) is 126 Å². The molecule has 0 N–H and O–H groups in total. The second kappa shape index (κ2) is 34.1. The van der Waals surface area contributed by atoms with Gasteiger partial charge in [-0.1, -0.05) is 48.5 Å². The number of ether oxygens (including phenoxy) is 6. The minimum absolute atomic E-state index is 0. The summed E-state index contributed by atoms with van der Waals surface area (Å²) in [5, 5.41) is 0. The fourth-order valence-corrected chi connectivity index (χ4v) is 9.13. The largest absolute Gasteiger partial charge is 1.00 e. The number of benzene rings is 4. The Balaban J connectivity index is 0.000000517. The first-order chi connectivity index (χ1) is 40.3. The molecule has 6 saturated heterocycles. The zero-order chi connectivity index (χ0) is 65.1. The Labute approximate surface area is 512 Å². The first-order valence-corrected chi connectivity index (χ1v) is 27.1. The number of rotatable bonds is 4. The third-order valence-corrected chi connectivity index (χ3v) is 13.4. The van der Waals surface area contributed by atoms with Crippen LogP contribution in [-0.2, 0) is 77.8 Å². The number of hydrogen-bond donors (Lipinski definition) is 0. The standard InChI is InChI=1S/C32H12BF24.6C4H8O.Na/c34-25(35,36)13-1-14(26(37,38)39)6-21(5-13)33(22-7-15(27(40,41)42)2-16(8-22)28(43,44)45,23-9-17(29(46,47)48)3-18(10-23)30(49,50)51)24-11-19(31(52,53)54)4-20(12-24)32(55,56)57;6*1-2-4-5-3-1;/h1-12H;6*1-4H2;/q-1;;;;;;;+1. The van der Waals surface area contributed by atoms with Gasteiger partial charge in [0.1, 0.15) is 6.15 Å². The van der Waals surface area contributed by atoms with Crippen molar-refractivity contribution in [3.8, 4) is 0 Å². The van der Waals surface area contributed by atoms with E-state index < -0.39 is 195 Å². The van der Waals surface area contributed by atoms with Gasteiger partial charge in [-0.2, -0.15) is 127 Å². The summed E-state index contributed by atoms with van der Waals surface area (Å²) in [7, 11) is 0. The topological polar surface area (TPSA) is 55.4 Å². The maximum atomic E-state index is 14.2. The van der Waals surface area contributed by atoms with Gasteiger partial charge in [0, 0.05) is 79.3 Å². The number of halogens is 24. The van der Waals surface area contributed by atoms with Crippen molar-refractivity contribution in [2.75, 3.05) is 79.3 Å². The van der Waals surface area contributed by atoms with Crippen LogP contribution in [0.5, 0.6) is 0 Å². The van der Waals surface area contributed by atoms with Crippen molar-refractivity contribution in [3.63, 3.8) is 0 Å². The van der Waals surface area contributed by atoms with Crippen LogP contribution in [-0.4, -0.2) is 85.4 Å². The van der Waals surface area contributed by atoms with Crippen molar-refractivity contribution >= 4 is 28.0 Å². The second-order valence-corrected chi connectivity index (χ2v) is 20.1. The first kappa shape index (κ1) is 78.3. The third-order valence-electron chi connectivity index (χ3n) is 13.4. The SMILES string of the molecule is C1CCOC1.C1CCOC1.C1CCOC1.C1CCOC1.C1CCOC1.C1CCOC1.FC(F)(F)c1cc([B-](c2cc(C(F)(F)F)cc(C(F)(F)F)c2)(c2cc(C(F)(F)F)cc(C(F)(F)F)c2)c2cc(C(F)(F)F)cc(C(F)(F)F)c2)cc(C(F)(F)F)c1.[Na+]. The Hall–Kier alpha value is -3.98. The van der Waals surface area contributed by atoms with E-state index in [1.54, 1.807) is 0 Å². The van der Waals surface area contributed by atoms with Gasteiger partial charge in [-0.25, -0.2) is 0 Å². The van der Waals surface area contributed by atoms with Crippen molar-refractivity contribution in [3.05, 3.63) is 117 Å². The van der Waals surface area contributed by atoms with Crippen LogP contribution < -0.4 is 51.4 Å². The number of alkyl halides is 24. The van der Waals surface area contributed by atoms with Crippen molar-refractivity contribution in [1.29, 1.82) is 0 Å². The maximum absolute atomic E-state index is 14.2. The van der Waals surface area contributed by atoms with E-state index in [2.05, 4.69) is 0 Å². The molecule has 6 fully saturated rings. The van der Waals surface area contributed by atoms with Gasteiger partial charge in [-0.15, -0.1) is 0 Å². The zero-order valence-corrected chi connectivity index (χ0v) is 49.0. The van der Waals surface area contributed by atoms with Gasteiger partial charge >= 0.3 is 79.0 Å². The molecule has 10 rings (SSSR count). The molecule has 0 bridgehead atoms. The van der Waals surface area contributed by atoms with Crippen LogP contribution in [0.3, 0.4) is 0 Å². The van der Waals surface area contributed by atoms with E-state index in [1.807, 2.05) is 0 Å². The van der Waals surface area contributed by atoms with Gasteiger partial charge in [0.15, 0.2) is 0 Å². The summed E-state index contributed by atoms with van der Waals surface area (Å²) in [4.78, 5) is 0. The minimum atomic E-state index is -6.13. The molecule has 0 unspecified atom stereocenters. The van der Waals surface area contributed by atoms with Crippen LogP contribution in [0.4, 0.5) is 105 Å². The van der Waals surface area contributed by atoms with E-state index in [-0.39, 0.29) is 29.6 Å². The van der Waals surface area contributed by atoms with Crippen LogP contribution in [0.1, 0.15) is 122 Å². The smallest absolute Gasteiger partial charge is 0.381 e. The molecule has 0 atom stereocenters. The molecule has 6 heterocycles. The predicted molar refractivity (Wildman–Crippen MR) is 270 cm³/mol. The van der Waals surface area contributed by atoms with E-state index in [0.717, 1.165) is 79.3 Å². The van der Waals surface area contributed by atoms with Crippen LogP contribution in [0.15, 0.2) is 72.8 Å². The minimum Gasteiger partial charge on any atom is -0.381 e. The van der Waals surface area contributed by atoms with Gasteiger partial charge in [-0.05, 0) is 101 Å². The molecular weight excluding hydrogens is 1260 g/mol. The fourth-order valence-electron chi connectivity index (χ4n) is 9.13. The molecule has 88 heavy (non-hydrogen) atoms. The molecule has 0 spiro atoms. The van der Waals surface area contributed by atoms with Gasteiger partial charge in [-0.3, -0.25) is 0 Å². The van der Waals surface area contributed by atoms with Crippen LogP contribution in [0.2, 0.25) is 0 Å². The summed E-state index contributed by atoms with van der Waals surface area (Å²) in [5.74, 6) is 0. The Morgan fingerprint density at radius 2 is 0.295 bits per heavy atom. The van der Waals surface area contributed by atoms with Crippen molar-refractivity contribution in [2.24, 2.45) is 0 Å². The Morgan fingerprint density at radius 3 is 0.364 bits per heavy atom. The molecule has 492 valence electrons. The molecule has 0 saturated carbocycles. The summed E-state index contributed by atoms with van der Waals surface area (Å²) in [6.07, 6.45) is -39.5. The quantitative estimate of drug-likeness (QED) is 0.150. The molecule has 4 aromatic rings. The molecule has 0 aromatic heterocycles. The van der Waals surface area contributed by atoms with Crippen molar-refractivity contribution in [1.82, 2.24) is 0 Å². The summed E-state index contributed by atoms with van der Waals surface area (Å²) < 4.78 is 370. The average molecular weight is 1320 g/mol. The average Bonchev–Trinajstić information content (AvgIpc) is 1.10. The molecule has 6 aliphatic heterocycles. The molecule has 0 radical (unpaired) electrons. The Morgan fingerprint density at radius 1 is 0.193 bits per heavy atom. The molecule has 4 aromatic carbocycles. The summed E-state index contributed by atoms with van der Waals surface area (Å²) in [5.41, 5.74) is -30.2. The summed E-state index contributed by atoms with van der Waals surface area (Å²) in [6, 6.07) is -8.81. The Bertz CT molecular complexity index is 2140. The molecule has 32 heteroatoms. The second-order valence-electron chi connectivity index (χ2n) is 20.1. The molecule has 6 aliphatic rings. The third kappa shape index (κ3) is 25.3. The predicted octanol–water partition coefficient (Wildman–Crippen LogP) is 13.0. The Kier molecular flexibility index (Phi) is 30.3. The van der Waals surface area contributed by atoms with E-state index in [1.165, 1.54) is 77.0 Å². The summed E-state index contributed by atoms with van der Waals surface area (Å²) in [6.45, 7) is 12.0. The van der Waals surface area contributed by atoms with E-state index >= 15 is 0 Å². The monoisotopic (exact) mass is 1320 g/mol. The van der Waals surface area contributed by atoms with Crippen LogP contribution in [0.25, 0.3) is 0 Å². The molecule has 0 aliphatic carbocycles.